The second kappa shape index (κ2) is 5.93. The number of ether oxygens (including phenoxy) is 1. The van der Waals surface area contributed by atoms with E-state index >= 15 is 0 Å². The van der Waals surface area contributed by atoms with E-state index in [9.17, 15) is 5.11 Å². The highest BCUT2D eigenvalue weighted by Gasteiger charge is 2.09. The lowest BCUT2D eigenvalue weighted by molar-refractivity contribution is 0.263. The molecule has 1 aromatic carbocycles. The van der Waals surface area contributed by atoms with Crippen LogP contribution in [0.15, 0.2) is 42.7 Å². The summed E-state index contributed by atoms with van der Waals surface area (Å²) in [5.41, 5.74) is 2.40. The largest absolute Gasteiger partial charge is 0.493 e. The first kappa shape index (κ1) is 13.6. The maximum atomic E-state index is 9.53. The lowest BCUT2D eigenvalue weighted by Crippen LogP contribution is -2.02. The quantitative estimate of drug-likeness (QED) is 0.782. The molecule has 2 heterocycles. The number of fused-ring (bicyclic) bond motifs is 1. The number of hydrogen-bond acceptors (Lipinski definition) is 4. The first-order chi connectivity index (χ1) is 10.3. The van der Waals surface area contributed by atoms with E-state index in [0.717, 1.165) is 28.7 Å². The molecule has 0 atom stereocenters. The van der Waals surface area contributed by atoms with Gasteiger partial charge < -0.3 is 9.84 Å². The van der Waals surface area contributed by atoms with E-state index in [1.807, 2.05) is 30.3 Å². The molecule has 0 radical (unpaired) electrons. The Kier molecular flexibility index (Phi) is 3.83. The van der Waals surface area contributed by atoms with Gasteiger partial charge in [-0.05, 0) is 36.8 Å². The second-order valence-electron chi connectivity index (χ2n) is 4.77. The Morgan fingerprint density at radius 3 is 3.00 bits per heavy atom. The Bertz CT molecular complexity index is 752. The van der Waals surface area contributed by atoms with Crippen LogP contribution in [0.4, 0.5) is 0 Å². The van der Waals surface area contributed by atoms with Crippen LogP contribution in [0, 0.1) is 0 Å². The lowest BCUT2D eigenvalue weighted by Gasteiger charge is -2.11. The van der Waals surface area contributed by atoms with Crippen LogP contribution in [0.1, 0.15) is 18.9 Å². The molecule has 108 valence electrons. The van der Waals surface area contributed by atoms with Crippen molar-refractivity contribution in [3.05, 3.63) is 48.3 Å². The van der Waals surface area contributed by atoms with Gasteiger partial charge >= 0.3 is 0 Å². The van der Waals surface area contributed by atoms with Crippen LogP contribution in [0.25, 0.3) is 16.7 Å². The minimum Gasteiger partial charge on any atom is -0.493 e. The zero-order valence-electron chi connectivity index (χ0n) is 11.9. The Hall–Kier alpha value is -2.40. The van der Waals surface area contributed by atoms with Crippen molar-refractivity contribution in [3.8, 4) is 11.4 Å². The van der Waals surface area contributed by atoms with Crippen LogP contribution < -0.4 is 4.74 Å². The highest BCUT2D eigenvalue weighted by molar-refractivity contribution is 5.75. The molecule has 0 saturated heterocycles. The predicted octanol–water partition coefficient (Wildman–Crippen LogP) is 2.70. The molecule has 0 amide bonds. The van der Waals surface area contributed by atoms with Gasteiger partial charge in [0.1, 0.15) is 5.75 Å². The lowest BCUT2D eigenvalue weighted by atomic mass is 10.2. The summed E-state index contributed by atoms with van der Waals surface area (Å²) in [5.74, 6) is 0.715. The molecule has 0 aliphatic carbocycles. The number of aliphatic hydroxyl groups is 1. The number of hydrogen-bond donors (Lipinski definition) is 1. The highest BCUT2D eigenvalue weighted by atomic mass is 16.5. The Morgan fingerprint density at radius 1 is 1.29 bits per heavy atom. The number of aromatic nitrogens is 3. The monoisotopic (exact) mass is 283 g/mol. The van der Waals surface area contributed by atoms with Crippen molar-refractivity contribution < 1.29 is 9.84 Å². The third kappa shape index (κ3) is 2.60. The van der Waals surface area contributed by atoms with Crippen molar-refractivity contribution in [2.45, 2.75) is 20.0 Å². The molecule has 5 nitrogen and oxygen atoms in total. The van der Waals surface area contributed by atoms with Gasteiger partial charge in [0.25, 0.3) is 0 Å². The maximum absolute atomic E-state index is 9.53. The first-order valence-corrected chi connectivity index (χ1v) is 6.99. The molecule has 21 heavy (non-hydrogen) atoms. The molecule has 0 saturated carbocycles. The van der Waals surface area contributed by atoms with Crippen molar-refractivity contribution in [1.29, 1.82) is 0 Å². The molecule has 0 spiro atoms. The summed E-state index contributed by atoms with van der Waals surface area (Å²) in [5, 5.41) is 14.9. The van der Waals surface area contributed by atoms with Crippen LogP contribution in [-0.4, -0.2) is 26.5 Å². The topological polar surface area (TPSA) is 60.2 Å². The molecule has 3 aromatic rings. The second-order valence-corrected chi connectivity index (χ2v) is 4.77. The Morgan fingerprint density at radius 2 is 2.19 bits per heavy atom. The van der Waals surface area contributed by atoms with Crippen LogP contribution >= 0.6 is 0 Å². The van der Waals surface area contributed by atoms with Crippen LogP contribution in [0.2, 0.25) is 0 Å². The zero-order chi connectivity index (χ0) is 14.7. The standard InChI is InChI=1S/C16H17N3O2/c1-2-8-21-15-6-5-14(9-13(15)11-20)19-16-12(10-18-19)4-3-7-17-16/h3-7,9-10,20H,2,8,11H2,1H3. The van der Waals surface area contributed by atoms with E-state index in [1.165, 1.54) is 0 Å². The normalized spacial score (nSPS) is 11.0. The highest BCUT2D eigenvalue weighted by Crippen LogP contribution is 2.24. The van der Waals surface area contributed by atoms with Crippen molar-refractivity contribution in [2.75, 3.05) is 6.61 Å². The van der Waals surface area contributed by atoms with Gasteiger partial charge in [0, 0.05) is 17.1 Å². The van der Waals surface area contributed by atoms with E-state index in [-0.39, 0.29) is 6.61 Å². The molecule has 3 rings (SSSR count). The molecule has 1 N–H and O–H groups in total. The predicted molar refractivity (Wildman–Crippen MR) is 80.6 cm³/mol. The average molecular weight is 283 g/mol. The smallest absolute Gasteiger partial charge is 0.162 e. The minimum absolute atomic E-state index is 0.0699. The first-order valence-electron chi connectivity index (χ1n) is 6.99. The summed E-state index contributed by atoms with van der Waals surface area (Å²) in [6.07, 6.45) is 4.45. The van der Waals surface area contributed by atoms with E-state index in [0.29, 0.717) is 12.4 Å². The molecule has 5 heteroatoms. The van der Waals surface area contributed by atoms with Crippen molar-refractivity contribution in [3.63, 3.8) is 0 Å². The van der Waals surface area contributed by atoms with Gasteiger partial charge in [-0.15, -0.1) is 0 Å². The van der Waals surface area contributed by atoms with Crippen LogP contribution in [-0.2, 0) is 6.61 Å². The molecule has 2 aromatic heterocycles. The van der Waals surface area contributed by atoms with E-state index in [4.69, 9.17) is 4.74 Å². The minimum atomic E-state index is -0.0699. The zero-order valence-corrected chi connectivity index (χ0v) is 11.9. The average Bonchev–Trinajstić information content (AvgIpc) is 2.97. The summed E-state index contributed by atoms with van der Waals surface area (Å²) >= 11 is 0. The Balaban J connectivity index is 2.02. The van der Waals surface area contributed by atoms with Crippen molar-refractivity contribution in [2.24, 2.45) is 0 Å². The Labute approximate surface area is 122 Å². The third-order valence-corrected chi connectivity index (χ3v) is 3.25. The van der Waals surface area contributed by atoms with Crippen LogP contribution in [0.3, 0.4) is 0 Å². The molecule has 0 aliphatic rings. The van der Waals surface area contributed by atoms with Crippen molar-refractivity contribution >= 4 is 11.0 Å². The van der Waals surface area contributed by atoms with Gasteiger partial charge in [-0.3, -0.25) is 0 Å². The summed E-state index contributed by atoms with van der Waals surface area (Å²) < 4.78 is 7.39. The molecule has 0 aliphatic heterocycles. The van der Waals surface area contributed by atoms with Gasteiger partial charge in [-0.2, -0.15) is 5.10 Å². The maximum Gasteiger partial charge on any atom is 0.162 e. The third-order valence-electron chi connectivity index (χ3n) is 3.25. The number of aliphatic hydroxyl groups excluding tert-OH is 1. The number of rotatable bonds is 5. The molecular formula is C16H17N3O2. The fraction of sp³-hybridized carbons (Fsp3) is 0.250. The van der Waals surface area contributed by atoms with E-state index in [2.05, 4.69) is 17.0 Å². The SMILES string of the molecule is CCCOc1ccc(-n2ncc3cccnc32)cc1CO. The number of pyridine rings is 1. The summed E-state index contributed by atoms with van der Waals surface area (Å²) in [4.78, 5) is 4.35. The molecule has 0 fully saturated rings. The van der Waals surface area contributed by atoms with Gasteiger partial charge in [-0.1, -0.05) is 6.92 Å². The van der Waals surface area contributed by atoms with Gasteiger partial charge in [0.05, 0.1) is 25.1 Å². The number of nitrogens with zero attached hydrogens (tertiary/aromatic N) is 3. The molecular weight excluding hydrogens is 266 g/mol. The van der Waals surface area contributed by atoms with E-state index < -0.39 is 0 Å². The fourth-order valence-electron chi connectivity index (χ4n) is 2.22. The molecule has 0 bridgehead atoms. The van der Waals surface area contributed by atoms with E-state index in [1.54, 1.807) is 17.1 Å². The summed E-state index contributed by atoms with van der Waals surface area (Å²) in [6.45, 7) is 2.62. The summed E-state index contributed by atoms with van der Waals surface area (Å²) in [7, 11) is 0. The van der Waals surface area contributed by atoms with Gasteiger partial charge in [0.2, 0.25) is 0 Å². The summed E-state index contributed by atoms with van der Waals surface area (Å²) in [6, 6.07) is 9.52. The van der Waals surface area contributed by atoms with Crippen LogP contribution in [0.5, 0.6) is 5.75 Å². The van der Waals surface area contributed by atoms with Gasteiger partial charge in [-0.25, -0.2) is 9.67 Å². The number of benzene rings is 1. The van der Waals surface area contributed by atoms with Crippen molar-refractivity contribution in [1.82, 2.24) is 14.8 Å². The van der Waals surface area contributed by atoms with Gasteiger partial charge in [0.15, 0.2) is 5.65 Å². The fourth-order valence-corrected chi connectivity index (χ4v) is 2.22. The molecule has 0 unspecified atom stereocenters.